The molecule has 8 heteroatoms. The van der Waals surface area contributed by atoms with Crippen molar-refractivity contribution in [2.75, 3.05) is 20.1 Å². The standard InChI is InChI=1S/C23H31N5OS.HI/c1-24-23(25-14-21-27-20(16-30-21)17-8-4-2-5-9-17)26-19-12-13-28(15-19)22(29)18-10-6-3-7-11-18;/h2,4-5,8-9,16,18-19H,3,6-7,10-15H2,1H3,(H2,24,25,26);1H. The summed E-state index contributed by atoms with van der Waals surface area (Å²) in [4.78, 5) is 23.9. The van der Waals surface area contributed by atoms with Crippen LogP contribution in [0.2, 0.25) is 0 Å². The van der Waals surface area contributed by atoms with Gasteiger partial charge in [0.2, 0.25) is 5.91 Å². The van der Waals surface area contributed by atoms with Crippen molar-refractivity contribution in [2.45, 2.75) is 51.1 Å². The Morgan fingerprint density at radius 1 is 1.19 bits per heavy atom. The molecule has 31 heavy (non-hydrogen) atoms. The third-order valence-electron chi connectivity index (χ3n) is 6.05. The lowest BCUT2D eigenvalue weighted by Crippen LogP contribution is -2.45. The predicted molar refractivity (Wildman–Crippen MR) is 138 cm³/mol. The van der Waals surface area contributed by atoms with Crippen LogP contribution in [0.15, 0.2) is 40.7 Å². The molecule has 1 amide bonds. The van der Waals surface area contributed by atoms with Crippen LogP contribution < -0.4 is 10.6 Å². The first-order valence-corrected chi connectivity index (χ1v) is 11.9. The number of carbonyl (C=O) groups excluding carboxylic acids is 1. The van der Waals surface area contributed by atoms with E-state index in [2.05, 4.69) is 33.1 Å². The molecule has 1 saturated heterocycles. The molecule has 2 fully saturated rings. The molecule has 2 aliphatic rings. The lowest BCUT2D eigenvalue weighted by Gasteiger charge is -2.26. The Morgan fingerprint density at radius 2 is 1.97 bits per heavy atom. The number of likely N-dealkylation sites (tertiary alicyclic amines) is 1. The SMILES string of the molecule is CN=C(NCc1nc(-c2ccccc2)cs1)NC1CCN(C(=O)C2CCCCC2)C1.I. The first kappa shape index (κ1) is 24.0. The van der Waals surface area contributed by atoms with Gasteiger partial charge in [-0.3, -0.25) is 9.79 Å². The van der Waals surface area contributed by atoms with Gasteiger partial charge in [0.05, 0.1) is 12.2 Å². The molecule has 1 aromatic heterocycles. The molecular formula is C23H32IN5OS. The zero-order chi connectivity index (χ0) is 20.8. The van der Waals surface area contributed by atoms with Crippen LogP contribution in [0, 0.1) is 5.92 Å². The van der Waals surface area contributed by atoms with Gasteiger partial charge in [0, 0.05) is 43.0 Å². The van der Waals surface area contributed by atoms with Crippen molar-refractivity contribution in [3.05, 3.63) is 40.7 Å². The Morgan fingerprint density at radius 3 is 2.71 bits per heavy atom. The minimum absolute atomic E-state index is 0. The van der Waals surface area contributed by atoms with Gasteiger partial charge >= 0.3 is 0 Å². The largest absolute Gasteiger partial charge is 0.352 e. The maximum atomic E-state index is 12.8. The molecule has 168 valence electrons. The van der Waals surface area contributed by atoms with Crippen molar-refractivity contribution >= 4 is 47.2 Å². The van der Waals surface area contributed by atoms with Crippen molar-refractivity contribution < 1.29 is 4.79 Å². The van der Waals surface area contributed by atoms with E-state index in [0.717, 1.165) is 54.6 Å². The second-order valence-corrected chi connectivity index (χ2v) is 9.11. The number of aromatic nitrogens is 1. The van der Waals surface area contributed by atoms with Crippen LogP contribution >= 0.6 is 35.3 Å². The number of thiazole rings is 1. The van der Waals surface area contributed by atoms with E-state index in [0.29, 0.717) is 12.5 Å². The first-order chi connectivity index (χ1) is 14.7. The summed E-state index contributed by atoms with van der Waals surface area (Å²) in [5.74, 6) is 1.38. The number of halogens is 1. The molecule has 1 atom stereocenters. The highest BCUT2D eigenvalue weighted by atomic mass is 127. The molecule has 1 saturated carbocycles. The van der Waals surface area contributed by atoms with Crippen LogP contribution in [-0.2, 0) is 11.3 Å². The normalized spacial score (nSPS) is 19.7. The van der Waals surface area contributed by atoms with E-state index >= 15 is 0 Å². The van der Waals surface area contributed by atoms with Crippen LogP contribution in [0.25, 0.3) is 11.3 Å². The maximum absolute atomic E-state index is 12.8. The number of benzene rings is 1. The molecule has 1 aliphatic carbocycles. The van der Waals surface area contributed by atoms with Crippen molar-refractivity contribution in [1.29, 1.82) is 0 Å². The van der Waals surface area contributed by atoms with Crippen LogP contribution in [0.5, 0.6) is 0 Å². The molecule has 6 nitrogen and oxygen atoms in total. The van der Waals surface area contributed by atoms with Gasteiger partial charge in [-0.15, -0.1) is 35.3 Å². The lowest BCUT2D eigenvalue weighted by molar-refractivity contribution is -0.135. The summed E-state index contributed by atoms with van der Waals surface area (Å²) in [5, 5.41) is 9.97. The van der Waals surface area contributed by atoms with E-state index in [1.165, 1.54) is 19.3 Å². The molecule has 2 aromatic rings. The number of hydrogen-bond acceptors (Lipinski definition) is 4. The summed E-state index contributed by atoms with van der Waals surface area (Å²) in [7, 11) is 1.78. The average Bonchev–Trinajstić information content (AvgIpc) is 3.47. The third kappa shape index (κ3) is 6.41. The number of nitrogens with one attached hydrogen (secondary N) is 2. The van der Waals surface area contributed by atoms with Gasteiger partial charge in [0.15, 0.2) is 5.96 Å². The van der Waals surface area contributed by atoms with Gasteiger partial charge in [-0.25, -0.2) is 4.98 Å². The van der Waals surface area contributed by atoms with Gasteiger partial charge in [-0.1, -0.05) is 49.6 Å². The summed E-state index contributed by atoms with van der Waals surface area (Å²) in [6.45, 7) is 2.25. The first-order valence-electron chi connectivity index (χ1n) is 11.0. The fraction of sp³-hybridized carbons (Fsp3) is 0.522. The van der Waals surface area contributed by atoms with Gasteiger partial charge in [-0.05, 0) is 19.3 Å². The zero-order valence-corrected chi connectivity index (χ0v) is 21.2. The van der Waals surface area contributed by atoms with Crippen LogP contribution in [0.4, 0.5) is 0 Å². The third-order valence-corrected chi connectivity index (χ3v) is 6.90. The molecule has 0 spiro atoms. The monoisotopic (exact) mass is 553 g/mol. The molecule has 4 rings (SSSR count). The highest BCUT2D eigenvalue weighted by Gasteiger charge is 2.31. The molecular weight excluding hydrogens is 521 g/mol. The van der Waals surface area contributed by atoms with Crippen molar-refractivity contribution in [3.8, 4) is 11.3 Å². The van der Waals surface area contributed by atoms with Crippen LogP contribution in [0.3, 0.4) is 0 Å². The quantitative estimate of drug-likeness (QED) is 0.330. The Bertz CT molecular complexity index is 866. The fourth-order valence-corrected chi connectivity index (χ4v) is 5.11. The van der Waals surface area contributed by atoms with E-state index in [9.17, 15) is 4.79 Å². The average molecular weight is 554 g/mol. The van der Waals surface area contributed by atoms with E-state index in [1.54, 1.807) is 18.4 Å². The Balaban J connectivity index is 0.00000272. The zero-order valence-electron chi connectivity index (χ0n) is 18.0. The second kappa shape index (κ2) is 11.8. The van der Waals surface area contributed by atoms with E-state index in [1.807, 2.05) is 23.1 Å². The number of amides is 1. The number of carbonyl (C=O) groups is 1. The number of guanidine groups is 1. The number of nitrogens with zero attached hydrogens (tertiary/aromatic N) is 3. The summed E-state index contributed by atoms with van der Waals surface area (Å²) in [6.07, 6.45) is 6.78. The van der Waals surface area contributed by atoms with Crippen LogP contribution in [-0.4, -0.2) is 47.9 Å². The molecule has 1 aliphatic heterocycles. The summed E-state index contributed by atoms with van der Waals surface area (Å²) in [5.41, 5.74) is 2.14. The van der Waals surface area contributed by atoms with E-state index < -0.39 is 0 Å². The smallest absolute Gasteiger partial charge is 0.225 e. The lowest BCUT2D eigenvalue weighted by atomic mass is 9.88. The summed E-state index contributed by atoms with van der Waals surface area (Å²) in [6, 6.07) is 10.5. The van der Waals surface area contributed by atoms with E-state index in [4.69, 9.17) is 4.98 Å². The number of aliphatic imine (C=N–C) groups is 1. The van der Waals surface area contributed by atoms with Gasteiger partial charge in [-0.2, -0.15) is 0 Å². The maximum Gasteiger partial charge on any atom is 0.225 e. The Kier molecular flexibility index (Phi) is 9.13. The highest BCUT2D eigenvalue weighted by molar-refractivity contribution is 14.0. The molecule has 1 unspecified atom stereocenters. The van der Waals surface area contributed by atoms with Crippen LogP contribution in [0.1, 0.15) is 43.5 Å². The van der Waals surface area contributed by atoms with Gasteiger partial charge < -0.3 is 15.5 Å². The number of rotatable bonds is 5. The second-order valence-electron chi connectivity index (χ2n) is 8.17. The van der Waals surface area contributed by atoms with Crippen molar-refractivity contribution in [2.24, 2.45) is 10.9 Å². The van der Waals surface area contributed by atoms with E-state index in [-0.39, 0.29) is 35.9 Å². The minimum atomic E-state index is 0. The summed E-state index contributed by atoms with van der Waals surface area (Å²) < 4.78 is 0. The Hall–Kier alpha value is -1.68. The molecule has 2 heterocycles. The molecule has 2 N–H and O–H groups in total. The molecule has 0 radical (unpaired) electrons. The van der Waals surface area contributed by atoms with Gasteiger partial charge in [0.1, 0.15) is 5.01 Å². The minimum Gasteiger partial charge on any atom is -0.352 e. The Labute approximate surface area is 206 Å². The predicted octanol–water partition coefficient (Wildman–Crippen LogP) is 4.27. The topological polar surface area (TPSA) is 69.6 Å². The highest BCUT2D eigenvalue weighted by Crippen LogP contribution is 2.27. The molecule has 1 aromatic carbocycles. The van der Waals surface area contributed by atoms with Gasteiger partial charge in [0.25, 0.3) is 0 Å². The fourth-order valence-electron chi connectivity index (χ4n) is 4.37. The van der Waals surface area contributed by atoms with Crippen molar-refractivity contribution in [1.82, 2.24) is 20.5 Å². The molecule has 0 bridgehead atoms. The summed E-state index contributed by atoms with van der Waals surface area (Å²) >= 11 is 1.65. The van der Waals surface area contributed by atoms with Crippen molar-refractivity contribution in [3.63, 3.8) is 0 Å². The number of hydrogen-bond donors (Lipinski definition) is 2.